The first-order valence-electron chi connectivity index (χ1n) is 7.41. The molecule has 1 heterocycles. The van der Waals surface area contributed by atoms with Crippen LogP contribution in [0.25, 0.3) is 11.0 Å². The van der Waals surface area contributed by atoms with Gasteiger partial charge in [0.1, 0.15) is 0 Å². The van der Waals surface area contributed by atoms with Crippen LogP contribution in [0.5, 0.6) is 0 Å². The van der Waals surface area contributed by atoms with Crippen LogP contribution in [0.4, 0.5) is 0 Å². The summed E-state index contributed by atoms with van der Waals surface area (Å²) in [5.74, 6) is 0. The van der Waals surface area contributed by atoms with Gasteiger partial charge in [-0.1, -0.05) is 38.8 Å². The van der Waals surface area contributed by atoms with Gasteiger partial charge in [0.15, 0.2) is 17.8 Å². The molecule has 0 amide bonds. The van der Waals surface area contributed by atoms with Gasteiger partial charge in [0.2, 0.25) is 6.33 Å². The smallest absolute Gasteiger partial charge is 0.246 e. The molecule has 1 aromatic carbocycles. The summed E-state index contributed by atoms with van der Waals surface area (Å²) in [5.41, 5.74) is 2.56. The zero-order chi connectivity index (χ0) is 13.5. The Morgan fingerprint density at radius 3 is 2.68 bits per heavy atom. The van der Waals surface area contributed by atoms with Crippen molar-refractivity contribution in [3.05, 3.63) is 30.6 Å². The molecule has 1 aromatic heterocycles. The third-order valence-corrected chi connectivity index (χ3v) is 3.40. The summed E-state index contributed by atoms with van der Waals surface area (Å²) in [5, 5.41) is 0. The molecule has 3 nitrogen and oxygen atoms in total. The second-order valence-electron chi connectivity index (χ2n) is 5.01. The lowest BCUT2D eigenvalue weighted by molar-refractivity contribution is -0.710. The van der Waals surface area contributed by atoms with Crippen molar-refractivity contribution in [2.24, 2.45) is 0 Å². The number of unbranched alkanes of at least 4 members (excludes halogenated alkanes) is 2. The van der Waals surface area contributed by atoms with Crippen LogP contribution in [0.15, 0.2) is 30.6 Å². The Hall–Kier alpha value is -1.35. The van der Waals surface area contributed by atoms with Crippen molar-refractivity contribution in [1.29, 1.82) is 0 Å². The molecule has 0 aliphatic heterocycles. The molecule has 0 radical (unpaired) electrons. The highest BCUT2D eigenvalue weighted by atomic mass is 16.5. The van der Waals surface area contributed by atoms with E-state index in [4.69, 9.17) is 4.74 Å². The summed E-state index contributed by atoms with van der Waals surface area (Å²) in [6, 6.07) is 8.55. The third kappa shape index (κ3) is 3.57. The largest absolute Gasteiger partial charge is 0.342 e. The van der Waals surface area contributed by atoms with E-state index in [1.54, 1.807) is 0 Å². The van der Waals surface area contributed by atoms with Crippen molar-refractivity contribution < 1.29 is 9.30 Å². The predicted octanol–water partition coefficient (Wildman–Crippen LogP) is 3.50. The first-order valence-corrected chi connectivity index (χ1v) is 7.41. The van der Waals surface area contributed by atoms with Crippen LogP contribution in [-0.4, -0.2) is 11.2 Å². The molecule has 0 saturated carbocycles. The number of rotatable bonds is 8. The average Bonchev–Trinajstić information content (AvgIpc) is 2.80. The summed E-state index contributed by atoms with van der Waals surface area (Å²) in [4.78, 5) is 0. The zero-order valence-electron chi connectivity index (χ0n) is 12.1. The standard InChI is InChI=1S/C16H25N2O/c1-3-5-11-17-13-18(14-19-12-6-4-2)16-10-8-7-9-15(16)17/h7-10,13H,3-6,11-12,14H2,1-2H3/q+1. The van der Waals surface area contributed by atoms with Gasteiger partial charge in [-0.25, -0.2) is 9.13 Å². The summed E-state index contributed by atoms with van der Waals surface area (Å²) in [7, 11) is 0. The highest BCUT2D eigenvalue weighted by molar-refractivity contribution is 5.71. The fourth-order valence-corrected chi connectivity index (χ4v) is 2.26. The lowest BCUT2D eigenvalue weighted by Gasteiger charge is -2.00. The van der Waals surface area contributed by atoms with Gasteiger partial charge in [0, 0.05) is 0 Å². The van der Waals surface area contributed by atoms with E-state index < -0.39 is 0 Å². The van der Waals surface area contributed by atoms with Crippen molar-refractivity contribution in [2.75, 3.05) is 6.61 Å². The Balaban J connectivity index is 2.13. The van der Waals surface area contributed by atoms with Crippen LogP contribution < -0.4 is 4.57 Å². The molecule has 2 aromatic rings. The molecule has 0 aliphatic carbocycles. The number of aromatic nitrogens is 2. The number of hydrogen-bond donors (Lipinski definition) is 0. The number of fused-ring (bicyclic) bond motifs is 1. The molecule has 2 rings (SSSR count). The highest BCUT2D eigenvalue weighted by Gasteiger charge is 2.14. The van der Waals surface area contributed by atoms with Crippen molar-refractivity contribution in [1.82, 2.24) is 4.57 Å². The fourth-order valence-electron chi connectivity index (χ4n) is 2.26. The van der Waals surface area contributed by atoms with Gasteiger partial charge in [-0.15, -0.1) is 0 Å². The Bertz CT molecular complexity index is 504. The molecule has 3 heteroatoms. The van der Waals surface area contributed by atoms with Crippen LogP contribution in [0, 0.1) is 0 Å². The molecule has 19 heavy (non-hydrogen) atoms. The van der Waals surface area contributed by atoms with Gasteiger partial charge in [-0.3, -0.25) is 0 Å². The van der Waals surface area contributed by atoms with Crippen LogP contribution in [-0.2, 0) is 18.0 Å². The molecular formula is C16H25N2O+. The van der Waals surface area contributed by atoms with E-state index in [2.05, 4.69) is 53.6 Å². The molecule has 0 spiro atoms. The molecule has 0 saturated heterocycles. The molecular weight excluding hydrogens is 236 g/mol. The Labute approximate surface area is 115 Å². The lowest BCUT2D eigenvalue weighted by atomic mass is 10.3. The highest BCUT2D eigenvalue weighted by Crippen LogP contribution is 2.11. The maximum atomic E-state index is 5.74. The minimum atomic E-state index is 0.652. The van der Waals surface area contributed by atoms with E-state index in [0.717, 1.165) is 19.6 Å². The summed E-state index contributed by atoms with van der Waals surface area (Å²) in [6.45, 7) is 7.00. The number of ether oxygens (including phenoxy) is 1. The maximum Gasteiger partial charge on any atom is 0.246 e. The van der Waals surface area contributed by atoms with Crippen molar-refractivity contribution in [3.63, 3.8) is 0 Å². The summed E-state index contributed by atoms with van der Waals surface area (Å²) in [6.07, 6.45) is 6.94. The SMILES string of the molecule is CCCCOC[n+]1cn(CCCC)c2ccccc21. The molecule has 0 N–H and O–H groups in total. The van der Waals surface area contributed by atoms with Crippen LogP contribution >= 0.6 is 0 Å². The number of hydrogen-bond acceptors (Lipinski definition) is 1. The van der Waals surface area contributed by atoms with Gasteiger partial charge in [-0.2, -0.15) is 0 Å². The number of nitrogens with zero attached hydrogens (tertiary/aromatic N) is 2. The fraction of sp³-hybridized carbons (Fsp3) is 0.562. The number of para-hydroxylation sites is 2. The Morgan fingerprint density at radius 1 is 1.11 bits per heavy atom. The Kier molecular flexibility index (Phi) is 5.40. The van der Waals surface area contributed by atoms with Gasteiger partial charge in [-0.05, 0) is 25.0 Å². The van der Waals surface area contributed by atoms with Crippen LogP contribution in [0.1, 0.15) is 39.5 Å². The quantitative estimate of drug-likeness (QED) is 0.525. The van der Waals surface area contributed by atoms with E-state index in [1.807, 2.05) is 0 Å². The molecule has 0 fully saturated rings. The van der Waals surface area contributed by atoms with Crippen LogP contribution in [0.3, 0.4) is 0 Å². The molecule has 0 unspecified atom stereocenters. The van der Waals surface area contributed by atoms with Crippen molar-refractivity contribution >= 4 is 11.0 Å². The van der Waals surface area contributed by atoms with Gasteiger partial charge < -0.3 is 4.74 Å². The van der Waals surface area contributed by atoms with Gasteiger partial charge >= 0.3 is 0 Å². The van der Waals surface area contributed by atoms with E-state index >= 15 is 0 Å². The first-order chi connectivity index (χ1) is 9.36. The van der Waals surface area contributed by atoms with Crippen LogP contribution in [0.2, 0.25) is 0 Å². The normalized spacial score (nSPS) is 11.3. The number of imidazole rings is 1. The van der Waals surface area contributed by atoms with Gasteiger partial charge in [0.05, 0.1) is 13.2 Å². The minimum absolute atomic E-state index is 0.652. The van der Waals surface area contributed by atoms with Crippen molar-refractivity contribution in [3.8, 4) is 0 Å². The summed E-state index contributed by atoms with van der Waals surface area (Å²) < 4.78 is 10.3. The van der Waals surface area contributed by atoms with E-state index in [-0.39, 0.29) is 0 Å². The molecule has 0 aliphatic rings. The number of benzene rings is 1. The topological polar surface area (TPSA) is 18.0 Å². The second-order valence-corrected chi connectivity index (χ2v) is 5.01. The monoisotopic (exact) mass is 261 g/mol. The maximum absolute atomic E-state index is 5.74. The second kappa shape index (κ2) is 7.29. The van der Waals surface area contributed by atoms with Gasteiger partial charge in [0.25, 0.3) is 0 Å². The lowest BCUT2D eigenvalue weighted by Crippen LogP contribution is -2.34. The zero-order valence-corrected chi connectivity index (χ0v) is 12.1. The van der Waals surface area contributed by atoms with E-state index in [0.29, 0.717) is 6.73 Å². The van der Waals surface area contributed by atoms with E-state index in [9.17, 15) is 0 Å². The average molecular weight is 261 g/mol. The van der Waals surface area contributed by atoms with E-state index in [1.165, 1.54) is 30.3 Å². The summed E-state index contributed by atoms with van der Waals surface area (Å²) >= 11 is 0. The molecule has 0 bridgehead atoms. The Morgan fingerprint density at radius 2 is 1.89 bits per heavy atom. The molecule has 104 valence electrons. The minimum Gasteiger partial charge on any atom is -0.342 e. The number of aryl methyl sites for hydroxylation is 1. The third-order valence-electron chi connectivity index (χ3n) is 3.40. The predicted molar refractivity (Wildman–Crippen MR) is 77.9 cm³/mol. The molecule has 0 atom stereocenters. The van der Waals surface area contributed by atoms with Crippen molar-refractivity contribution in [2.45, 2.75) is 52.8 Å². The first kappa shape index (κ1) is 14.1.